The molecule has 0 atom stereocenters. The van der Waals surface area contributed by atoms with Gasteiger partial charge in [-0.3, -0.25) is 4.79 Å². The number of hydrogen-bond donors (Lipinski definition) is 1. The third-order valence-corrected chi connectivity index (χ3v) is 2.59. The molecule has 0 fully saturated rings. The van der Waals surface area contributed by atoms with E-state index < -0.39 is 18.9 Å². The fraction of sp³-hybridized carbons (Fsp3) is 0.455. The number of pyridine rings is 1. The lowest BCUT2D eigenvalue weighted by Crippen LogP contribution is -2.16. The number of rotatable bonds is 6. The largest absolute Gasteiger partial charge is 0.375 e. The molecule has 8 heteroatoms. The second kappa shape index (κ2) is 7.57. The highest BCUT2D eigenvalue weighted by atomic mass is 35.5. The predicted octanol–water partition coefficient (Wildman–Crippen LogP) is 3.31. The van der Waals surface area contributed by atoms with Crippen molar-refractivity contribution < 1.29 is 18.3 Å². The van der Waals surface area contributed by atoms with E-state index in [-0.39, 0.29) is 23.3 Å². The van der Waals surface area contributed by atoms with Gasteiger partial charge in [0, 0.05) is 0 Å². The zero-order valence-corrected chi connectivity index (χ0v) is 11.6. The van der Waals surface area contributed by atoms with Crippen LogP contribution in [0.2, 0.25) is 10.3 Å². The second-order valence-electron chi connectivity index (χ2n) is 3.69. The first-order valence-corrected chi connectivity index (χ1v) is 6.14. The molecule has 1 rings (SSSR count). The molecule has 4 nitrogen and oxygen atoms in total. The quantitative estimate of drug-likeness (QED) is 0.647. The summed E-state index contributed by atoms with van der Waals surface area (Å²) in [6.07, 6.45) is -2.59. The van der Waals surface area contributed by atoms with Crippen LogP contribution in [-0.4, -0.2) is 30.5 Å². The molecule has 1 aromatic rings. The SMILES string of the molecule is Cc1cc(Cl)nc(Cl)c1NC(=O)CCOCC(F)F. The maximum atomic E-state index is 11.8. The van der Waals surface area contributed by atoms with Gasteiger partial charge in [-0.15, -0.1) is 0 Å². The summed E-state index contributed by atoms with van der Waals surface area (Å²) >= 11 is 11.5. The molecule has 1 aromatic heterocycles. The first-order valence-electron chi connectivity index (χ1n) is 5.38. The number of hydrogen-bond acceptors (Lipinski definition) is 3. The van der Waals surface area contributed by atoms with Crippen molar-refractivity contribution >= 4 is 34.8 Å². The first kappa shape index (κ1) is 16.1. The van der Waals surface area contributed by atoms with Gasteiger partial charge in [-0.1, -0.05) is 23.2 Å². The van der Waals surface area contributed by atoms with Gasteiger partial charge in [-0.05, 0) is 18.6 Å². The predicted molar refractivity (Wildman–Crippen MR) is 69.1 cm³/mol. The Morgan fingerprint density at radius 1 is 1.53 bits per heavy atom. The summed E-state index contributed by atoms with van der Waals surface area (Å²) in [6, 6.07) is 1.55. The molecule has 0 aliphatic carbocycles. The molecule has 1 heterocycles. The molecule has 0 saturated heterocycles. The fourth-order valence-electron chi connectivity index (χ4n) is 1.28. The maximum Gasteiger partial charge on any atom is 0.261 e. The van der Waals surface area contributed by atoms with Crippen molar-refractivity contribution in [3.05, 3.63) is 21.9 Å². The van der Waals surface area contributed by atoms with Crippen LogP contribution in [0.5, 0.6) is 0 Å². The number of aromatic nitrogens is 1. The molecular weight excluding hydrogens is 301 g/mol. The topological polar surface area (TPSA) is 51.2 Å². The van der Waals surface area contributed by atoms with E-state index in [1.54, 1.807) is 13.0 Å². The third kappa shape index (κ3) is 5.67. The number of halogens is 4. The smallest absolute Gasteiger partial charge is 0.261 e. The lowest BCUT2D eigenvalue weighted by atomic mass is 10.2. The van der Waals surface area contributed by atoms with Crippen LogP contribution < -0.4 is 5.32 Å². The normalized spacial score (nSPS) is 10.8. The van der Waals surface area contributed by atoms with E-state index >= 15 is 0 Å². The Hall–Kier alpha value is -0.980. The van der Waals surface area contributed by atoms with Gasteiger partial charge in [-0.25, -0.2) is 13.8 Å². The van der Waals surface area contributed by atoms with Gasteiger partial charge in [-0.2, -0.15) is 0 Å². The summed E-state index contributed by atoms with van der Waals surface area (Å²) in [6.45, 7) is 0.936. The van der Waals surface area contributed by atoms with Gasteiger partial charge in [0.2, 0.25) is 5.91 Å². The summed E-state index contributed by atoms with van der Waals surface area (Å²) in [5, 5.41) is 2.83. The molecule has 1 N–H and O–H groups in total. The Kier molecular flexibility index (Phi) is 6.41. The minimum atomic E-state index is -2.54. The number of carbonyl (C=O) groups excluding carboxylic acids is 1. The van der Waals surface area contributed by atoms with E-state index in [0.717, 1.165) is 0 Å². The molecular formula is C11H12Cl2F2N2O2. The highest BCUT2D eigenvalue weighted by Crippen LogP contribution is 2.26. The van der Waals surface area contributed by atoms with Crippen LogP contribution in [0.25, 0.3) is 0 Å². The summed E-state index contributed by atoms with van der Waals surface area (Å²) < 4.78 is 28.2. The lowest BCUT2D eigenvalue weighted by Gasteiger charge is -2.10. The van der Waals surface area contributed by atoms with Crippen molar-refractivity contribution in [3.63, 3.8) is 0 Å². The van der Waals surface area contributed by atoms with Crippen LogP contribution in [-0.2, 0) is 9.53 Å². The van der Waals surface area contributed by atoms with Crippen molar-refractivity contribution in [2.75, 3.05) is 18.5 Å². The van der Waals surface area contributed by atoms with Gasteiger partial charge >= 0.3 is 0 Å². The number of amides is 1. The fourth-order valence-corrected chi connectivity index (χ4v) is 1.86. The Morgan fingerprint density at radius 3 is 2.79 bits per heavy atom. The molecule has 106 valence electrons. The standard InChI is InChI=1S/C11H12Cl2F2N2O2/c1-6-4-7(12)16-11(13)10(6)17-9(18)2-3-19-5-8(14)15/h4,8H,2-3,5H2,1H3,(H,17,18). The Labute approximate surface area is 119 Å². The molecule has 0 bridgehead atoms. The molecule has 0 spiro atoms. The van der Waals surface area contributed by atoms with Crippen molar-refractivity contribution in [1.29, 1.82) is 0 Å². The van der Waals surface area contributed by atoms with Crippen LogP contribution in [0, 0.1) is 6.92 Å². The average Bonchev–Trinajstić information content (AvgIpc) is 2.29. The van der Waals surface area contributed by atoms with E-state index in [2.05, 4.69) is 15.0 Å². The van der Waals surface area contributed by atoms with Crippen LogP contribution in [0.3, 0.4) is 0 Å². The van der Waals surface area contributed by atoms with Gasteiger partial charge in [0.15, 0.2) is 5.15 Å². The van der Waals surface area contributed by atoms with Crippen molar-refractivity contribution in [2.24, 2.45) is 0 Å². The molecule has 0 saturated carbocycles. The molecule has 19 heavy (non-hydrogen) atoms. The highest BCUT2D eigenvalue weighted by molar-refractivity contribution is 6.34. The van der Waals surface area contributed by atoms with Gasteiger partial charge in [0.25, 0.3) is 6.43 Å². The van der Waals surface area contributed by atoms with E-state index in [1.807, 2.05) is 0 Å². The molecule has 0 aromatic carbocycles. The molecule has 0 aliphatic rings. The zero-order chi connectivity index (χ0) is 14.4. The average molecular weight is 313 g/mol. The Balaban J connectivity index is 2.49. The summed E-state index contributed by atoms with van der Waals surface area (Å²) in [5.74, 6) is -0.400. The zero-order valence-electron chi connectivity index (χ0n) is 10.1. The monoisotopic (exact) mass is 312 g/mol. The second-order valence-corrected chi connectivity index (χ2v) is 4.44. The number of aryl methyl sites for hydroxylation is 1. The molecule has 1 amide bonds. The van der Waals surface area contributed by atoms with Gasteiger partial charge in [0.1, 0.15) is 11.8 Å². The molecule has 0 radical (unpaired) electrons. The van der Waals surface area contributed by atoms with E-state index in [0.29, 0.717) is 11.3 Å². The van der Waals surface area contributed by atoms with E-state index in [1.165, 1.54) is 0 Å². The van der Waals surface area contributed by atoms with Crippen molar-refractivity contribution in [2.45, 2.75) is 19.8 Å². The molecule has 0 unspecified atom stereocenters. The van der Waals surface area contributed by atoms with Crippen LogP contribution in [0.1, 0.15) is 12.0 Å². The molecule has 0 aliphatic heterocycles. The number of ether oxygens (including phenoxy) is 1. The number of anilines is 1. The lowest BCUT2D eigenvalue weighted by molar-refractivity contribution is -0.117. The van der Waals surface area contributed by atoms with Crippen LogP contribution in [0.4, 0.5) is 14.5 Å². The number of nitrogens with one attached hydrogen (secondary N) is 1. The van der Waals surface area contributed by atoms with Crippen LogP contribution >= 0.6 is 23.2 Å². The Bertz CT molecular complexity index is 435. The highest BCUT2D eigenvalue weighted by Gasteiger charge is 2.11. The Morgan fingerprint density at radius 2 is 2.21 bits per heavy atom. The summed E-state index contributed by atoms with van der Waals surface area (Å²) in [5.41, 5.74) is 1.01. The van der Waals surface area contributed by atoms with E-state index in [9.17, 15) is 13.6 Å². The van der Waals surface area contributed by atoms with E-state index in [4.69, 9.17) is 23.2 Å². The van der Waals surface area contributed by atoms with Crippen molar-refractivity contribution in [1.82, 2.24) is 4.98 Å². The minimum absolute atomic E-state index is 0.0505. The number of nitrogens with zero attached hydrogens (tertiary/aromatic N) is 1. The number of alkyl halides is 2. The van der Waals surface area contributed by atoms with Crippen LogP contribution in [0.15, 0.2) is 6.07 Å². The first-order chi connectivity index (χ1) is 8.90. The van der Waals surface area contributed by atoms with Gasteiger partial charge in [0.05, 0.1) is 18.7 Å². The maximum absolute atomic E-state index is 11.8. The van der Waals surface area contributed by atoms with Crippen molar-refractivity contribution in [3.8, 4) is 0 Å². The third-order valence-electron chi connectivity index (χ3n) is 2.12. The summed E-state index contributed by atoms with van der Waals surface area (Å²) in [4.78, 5) is 15.3. The number of carbonyl (C=O) groups is 1. The minimum Gasteiger partial charge on any atom is -0.375 e. The van der Waals surface area contributed by atoms with Gasteiger partial charge < -0.3 is 10.1 Å². The summed E-state index contributed by atoms with van der Waals surface area (Å²) in [7, 11) is 0.